The van der Waals surface area contributed by atoms with E-state index in [0.717, 1.165) is 15.7 Å². The fourth-order valence-electron chi connectivity index (χ4n) is 3.63. The first-order chi connectivity index (χ1) is 15.1. The van der Waals surface area contributed by atoms with Crippen LogP contribution in [0.5, 0.6) is 0 Å². The van der Waals surface area contributed by atoms with Gasteiger partial charge < -0.3 is 15.1 Å². The minimum Gasteiger partial charge on any atom is -0.461 e. The number of amides is 1. The highest BCUT2D eigenvalue weighted by molar-refractivity contribution is 9.10. The molecular formula is C23H18BrN5O2. The van der Waals surface area contributed by atoms with Crippen LogP contribution in [0.1, 0.15) is 18.5 Å². The van der Waals surface area contributed by atoms with Crippen molar-refractivity contribution in [2.24, 2.45) is 0 Å². The Morgan fingerprint density at radius 1 is 1.10 bits per heavy atom. The second-order valence-corrected chi connectivity index (χ2v) is 8.03. The summed E-state index contributed by atoms with van der Waals surface area (Å²) in [5.74, 6) is 1.36. The normalized spacial score (nSPS) is 15.4. The summed E-state index contributed by atoms with van der Waals surface area (Å²) in [5, 5.41) is 10.9. The maximum Gasteiger partial charge on any atom is 0.255 e. The molecular weight excluding hydrogens is 458 g/mol. The summed E-state index contributed by atoms with van der Waals surface area (Å²) < 4.78 is 8.15. The number of nitrogens with one attached hydrogen (secondary N) is 2. The molecule has 0 aliphatic carbocycles. The van der Waals surface area contributed by atoms with E-state index < -0.39 is 6.04 Å². The predicted octanol–water partition coefficient (Wildman–Crippen LogP) is 5.23. The van der Waals surface area contributed by atoms with Crippen LogP contribution in [0.25, 0.3) is 11.6 Å². The summed E-state index contributed by atoms with van der Waals surface area (Å²) in [7, 11) is 0. The minimum absolute atomic E-state index is 0.204. The number of benzene rings is 2. The van der Waals surface area contributed by atoms with Gasteiger partial charge in [-0.15, -0.1) is 5.10 Å². The third-order valence-electron chi connectivity index (χ3n) is 5.06. The summed E-state index contributed by atoms with van der Waals surface area (Å²) in [6.45, 7) is 1.87. The second-order valence-electron chi connectivity index (χ2n) is 7.12. The summed E-state index contributed by atoms with van der Waals surface area (Å²) >= 11 is 3.48. The van der Waals surface area contributed by atoms with Gasteiger partial charge in [0.2, 0.25) is 11.8 Å². The van der Waals surface area contributed by atoms with Crippen molar-refractivity contribution in [3.8, 4) is 11.6 Å². The van der Waals surface area contributed by atoms with E-state index in [-0.39, 0.29) is 5.91 Å². The average Bonchev–Trinajstić information content (AvgIpc) is 3.44. The van der Waals surface area contributed by atoms with Crippen LogP contribution in [0, 0.1) is 0 Å². The topological polar surface area (TPSA) is 85.0 Å². The molecule has 7 nitrogen and oxygen atoms in total. The van der Waals surface area contributed by atoms with Crippen LogP contribution < -0.4 is 10.6 Å². The minimum atomic E-state index is -0.454. The maximum atomic E-state index is 13.4. The molecule has 0 spiro atoms. The van der Waals surface area contributed by atoms with Crippen molar-refractivity contribution in [1.29, 1.82) is 0 Å². The molecule has 0 saturated heterocycles. The predicted molar refractivity (Wildman–Crippen MR) is 121 cm³/mol. The molecule has 154 valence electrons. The van der Waals surface area contributed by atoms with E-state index in [1.165, 1.54) is 0 Å². The number of allylic oxidation sites excluding steroid dienone is 1. The fraction of sp³-hybridized carbons (Fsp3) is 0.0870. The van der Waals surface area contributed by atoms with Gasteiger partial charge in [0, 0.05) is 15.9 Å². The molecule has 0 radical (unpaired) electrons. The zero-order chi connectivity index (χ0) is 21.4. The first-order valence-corrected chi connectivity index (χ1v) is 10.5. The number of para-hydroxylation sites is 1. The molecule has 0 saturated carbocycles. The van der Waals surface area contributed by atoms with Gasteiger partial charge in [-0.25, -0.2) is 4.68 Å². The number of fused-ring (bicyclic) bond motifs is 1. The van der Waals surface area contributed by atoms with E-state index in [4.69, 9.17) is 4.42 Å². The highest BCUT2D eigenvalue weighted by Gasteiger charge is 2.34. The Hall–Kier alpha value is -3.65. The second kappa shape index (κ2) is 7.88. The van der Waals surface area contributed by atoms with Gasteiger partial charge in [0.1, 0.15) is 6.04 Å². The maximum absolute atomic E-state index is 13.4. The standard InChI is InChI=1S/C23H18BrN5O2/c1-14-19(22(30)26-17-6-3-2-4-7-17)20(15-9-11-16(24)12-10-15)29-23(25-14)27-21(28-29)18-8-5-13-31-18/h2-13,20H,1H3,(H,26,30)(H,25,27,28). The van der Waals surface area contributed by atoms with Crippen molar-refractivity contribution in [2.75, 3.05) is 10.6 Å². The van der Waals surface area contributed by atoms with Crippen molar-refractivity contribution >= 4 is 33.5 Å². The first-order valence-electron chi connectivity index (χ1n) is 9.70. The first kappa shape index (κ1) is 19.3. The lowest BCUT2D eigenvalue weighted by Gasteiger charge is -2.28. The number of nitrogens with zero attached hydrogens (tertiary/aromatic N) is 3. The molecule has 1 unspecified atom stereocenters. The van der Waals surface area contributed by atoms with Gasteiger partial charge in [0.05, 0.1) is 11.8 Å². The average molecular weight is 476 g/mol. The quantitative estimate of drug-likeness (QED) is 0.422. The zero-order valence-electron chi connectivity index (χ0n) is 16.5. The van der Waals surface area contributed by atoms with E-state index in [1.54, 1.807) is 23.1 Å². The van der Waals surface area contributed by atoms with Crippen LogP contribution in [-0.4, -0.2) is 20.7 Å². The van der Waals surface area contributed by atoms with Crippen LogP contribution in [0.4, 0.5) is 11.6 Å². The third-order valence-corrected chi connectivity index (χ3v) is 5.58. The van der Waals surface area contributed by atoms with Gasteiger partial charge in [-0.05, 0) is 48.9 Å². The Morgan fingerprint density at radius 2 is 1.87 bits per heavy atom. The largest absolute Gasteiger partial charge is 0.461 e. The van der Waals surface area contributed by atoms with Crippen LogP contribution >= 0.6 is 15.9 Å². The van der Waals surface area contributed by atoms with Crippen LogP contribution in [0.2, 0.25) is 0 Å². The molecule has 2 aromatic heterocycles. The SMILES string of the molecule is CC1=C(C(=O)Nc2ccccc2)C(c2ccc(Br)cc2)n2nc(-c3ccco3)nc2N1. The van der Waals surface area contributed by atoms with Gasteiger partial charge in [-0.1, -0.05) is 46.3 Å². The highest BCUT2D eigenvalue weighted by Crippen LogP contribution is 2.37. The number of furan rings is 1. The molecule has 0 bridgehead atoms. The Morgan fingerprint density at radius 3 is 2.58 bits per heavy atom. The van der Waals surface area contributed by atoms with E-state index >= 15 is 0 Å². The zero-order valence-corrected chi connectivity index (χ0v) is 18.1. The number of halogens is 1. The number of rotatable bonds is 4. The van der Waals surface area contributed by atoms with Gasteiger partial charge >= 0.3 is 0 Å². The lowest BCUT2D eigenvalue weighted by atomic mass is 9.95. The smallest absolute Gasteiger partial charge is 0.255 e. The van der Waals surface area contributed by atoms with Crippen LogP contribution in [0.3, 0.4) is 0 Å². The van der Waals surface area contributed by atoms with Crippen molar-refractivity contribution in [2.45, 2.75) is 13.0 Å². The van der Waals surface area contributed by atoms with Gasteiger partial charge in [-0.2, -0.15) is 4.98 Å². The number of carbonyl (C=O) groups excluding carboxylic acids is 1. The molecule has 31 heavy (non-hydrogen) atoms. The lowest BCUT2D eigenvalue weighted by Crippen LogP contribution is -2.31. The molecule has 1 amide bonds. The molecule has 2 aromatic carbocycles. The van der Waals surface area contributed by atoms with Crippen LogP contribution in [-0.2, 0) is 4.79 Å². The molecule has 1 atom stereocenters. The summed E-state index contributed by atoms with van der Waals surface area (Å²) in [4.78, 5) is 18.0. The molecule has 8 heteroatoms. The fourth-order valence-corrected chi connectivity index (χ4v) is 3.89. The van der Waals surface area contributed by atoms with Crippen molar-refractivity contribution in [1.82, 2.24) is 14.8 Å². The van der Waals surface area contributed by atoms with E-state index in [2.05, 4.69) is 36.6 Å². The molecule has 1 aliphatic rings. The van der Waals surface area contributed by atoms with Gasteiger partial charge in [0.25, 0.3) is 5.91 Å². The number of carbonyl (C=O) groups is 1. The van der Waals surface area contributed by atoms with Crippen molar-refractivity contribution < 1.29 is 9.21 Å². The molecule has 5 rings (SSSR count). The Kier molecular flexibility index (Phi) is 4.91. The van der Waals surface area contributed by atoms with E-state index in [9.17, 15) is 4.79 Å². The Bertz CT molecular complexity index is 1260. The summed E-state index contributed by atoms with van der Waals surface area (Å²) in [6.07, 6.45) is 1.58. The molecule has 3 heterocycles. The molecule has 4 aromatic rings. The molecule has 0 fully saturated rings. The van der Waals surface area contributed by atoms with E-state index in [0.29, 0.717) is 28.8 Å². The Labute approximate surface area is 186 Å². The number of hydrogen-bond donors (Lipinski definition) is 2. The van der Waals surface area contributed by atoms with E-state index in [1.807, 2.05) is 61.5 Å². The molecule has 2 N–H and O–H groups in total. The van der Waals surface area contributed by atoms with Crippen molar-refractivity contribution in [3.05, 3.63) is 94.3 Å². The number of hydrogen-bond acceptors (Lipinski definition) is 5. The third kappa shape index (κ3) is 3.66. The lowest BCUT2D eigenvalue weighted by molar-refractivity contribution is -0.113. The highest BCUT2D eigenvalue weighted by atomic mass is 79.9. The Balaban J connectivity index is 1.60. The summed E-state index contributed by atoms with van der Waals surface area (Å²) in [5.41, 5.74) is 2.92. The summed E-state index contributed by atoms with van der Waals surface area (Å²) in [6, 6.07) is 20.4. The van der Waals surface area contributed by atoms with Crippen molar-refractivity contribution in [3.63, 3.8) is 0 Å². The van der Waals surface area contributed by atoms with Crippen LogP contribution in [0.15, 0.2) is 93.2 Å². The van der Waals surface area contributed by atoms with Gasteiger partial charge in [-0.3, -0.25) is 4.79 Å². The number of anilines is 2. The number of aromatic nitrogens is 3. The van der Waals surface area contributed by atoms with Gasteiger partial charge in [0.15, 0.2) is 5.76 Å². The monoisotopic (exact) mass is 475 g/mol. The molecule has 1 aliphatic heterocycles.